The number of rotatable bonds is 7. The van der Waals surface area contributed by atoms with E-state index < -0.39 is 0 Å². The van der Waals surface area contributed by atoms with Crippen LogP contribution in [0.4, 0.5) is 0 Å². The van der Waals surface area contributed by atoms with Crippen molar-refractivity contribution in [2.45, 2.75) is 24.8 Å². The third-order valence-corrected chi connectivity index (χ3v) is 4.64. The molecule has 1 aromatic carbocycles. The van der Waals surface area contributed by atoms with Gasteiger partial charge in [-0.1, -0.05) is 11.6 Å². The lowest BCUT2D eigenvalue weighted by molar-refractivity contribution is 0.0953. The average molecular weight is 351 g/mol. The fourth-order valence-corrected chi connectivity index (χ4v) is 2.99. The van der Waals surface area contributed by atoms with Crippen molar-refractivity contribution in [3.63, 3.8) is 0 Å². The third-order valence-electron chi connectivity index (χ3n) is 3.29. The lowest BCUT2D eigenvalue weighted by Gasteiger charge is -2.07. The Kier molecular flexibility index (Phi) is 6.74. The van der Waals surface area contributed by atoms with Gasteiger partial charge in [0.25, 0.3) is 11.5 Å². The molecule has 0 bridgehead atoms. The fourth-order valence-electron chi connectivity index (χ4n) is 2.01. The molecule has 2 rings (SSSR count). The van der Waals surface area contributed by atoms with Crippen molar-refractivity contribution in [2.75, 3.05) is 12.3 Å². The number of nitrogens with zero attached hydrogens (tertiary/aromatic N) is 1. The summed E-state index contributed by atoms with van der Waals surface area (Å²) in [6, 6.07) is 10.7. The maximum absolute atomic E-state index is 12.0. The van der Waals surface area contributed by atoms with Crippen molar-refractivity contribution < 1.29 is 4.79 Å². The second kappa shape index (κ2) is 8.79. The summed E-state index contributed by atoms with van der Waals surface area (Å²) >= 11 is 7.56. The van der Waals surface area contributed by atoms with Crippen LogP contribution in [0, 0.1) is 0 Å². The topological polar surface area (TPSA) is 51.1 Å². The SMILES string of the molecule is CCn1ccc(C(=O)NCCCSc2ccc(Cl)cc2)cc1=O. The Hall–Kier alpha value is -1.72. The van der Waals surface area contributed by atoms with Gasteiger partial charge < -0.3 is 9.88 Å². The second-order valence-electron chi connectivity index (χ2n) is 4.95. The summed E-state index contributed by atoms with van der Waals surface area (Å²) in [4.78, 5) is 24.8. The average Bonchev–Trinajstić information content (AvgIpc) is 2.56. The number of aryl methyl sites for hydroxylation is 1. The van der Waals surface area contributed by atoms with E-state index >= 15 is 0 Å². The van der Waals surface area contributed by atoms with Gasteiger partial charge in [0.2, 0.25) is 0 Å². The molecule has 122 valence electrons. The number of carbonyl (C=O) groups excluding carboxylic acids is 1. The monoisotopic (exact) mass is 350 g/mol. The zero-order chi connectivity index (χ0) is 16.7. The van der Waals surface area contributed by atoms with E-state index in [0.29, 0.717) is 18.7 Å². The summed E-state index contributed by atoms with van der Waals surface area (Å²) in [7, 11) is 0. The second-order valence-corrected chi connectivity index (χ2v) is 6.56. The Balaban J connectivity index is 1.73. The van der Waals surface area contributed by atoms with E-state index in [1.54, 1.807) is 28.6 Å². The van der Waals surface area contributed by atoms with E-state index in [0.717, 1.165) is 22.1 Å². The van der Waals surface area contributed by atoms with E-state index in [-0.39, 0.29) is 11.5 Å². The van der Waals surface area contributed by atoms with Gasteiger partial charge in [0.1, 0.15) is 0 Å². The highest BCUT2D eigenvalue weighted by Crippen LogP contribution is 2.20. The molecule has 1 aromatic heterocycles. The molecule has 0 saturated carbocycles. The van der Waals surface area contributed by atoms with Crippen LogP contribution in [-0.2, 0) is 6.54 Å². The molecule has 0 atom stereocenters. The number of aromatic nitrogens is 1. The number of nitrogens with one attached hydrogen (secondary N) is 1. The molecular weight excluding hydrogens is 332 g/mol. The summed E-state index contributed by atoms with van der Waals surface area (Å²) < 4.78 is 1.56. The van der Waals surface area contributed by atoms with Gasteiger partial charge in [-0.3, -0.25) is 9.59 Å². The molecule has 4 nitrogen and oxygen atoms in total. The quantitative estimate of drug-likeness (QED) is 0.614. The maximum atomic E-state index is 12.0. The molecule has 0 spiro atoms. The number of hydrogen-bond acceptors (Lipinski definition) is 3. The van der Waals surface area contributed by atoms with Crippen molar-refractivity contribution in [1.82, 2.24) is 9.88 Å². The van der Waals surface area contributed by atoms with Crippen LogP contribution in [0.25, 0.3) is 0 Å². The zero-order valence-corrected chi connectivity index (χ0v) is 14.5. The Morgan fingerprint density at radius 3 is 2.65 bits per heavy atom. The molecule has 1 N–H and O–H groups in total. The van der Waals surface area contributed by atoms with E-state index in [4.69, 9.17) is 11.6 Å². The van der Waals surface area contributed by atoms with Crippen LogP contribution in [0.15, 0.2) is 52.3 Å². The van der Waals surface area contributed by atoms with Crippen LogP contribution >= 0.6 is 23.4 Å². The van der Waals surface area contributed by atoms with Crippen LogP contribution in [0.2, 0.25) is 5.02 Å². The van der Waals surface area contributed by atoms with E-state index in [1.807, 2.05) is 31.2 Å². The lowest BCUT2D eigenvalue weighted by atomic mass is 10.2. The third kappa shape index (κ3) is 5.44. The Morgan fingerprint density at radius 1 is 1.26 bits per heavy atom. The van der Waals surface area contributed by atoms with Crippen LogP contribution in [0.1, 0.15) is 23.7 Å². The van der Waals surface area contributed by atoms with Crippen molar-refractivity contribution >= 4 is 29.3 Å². The first-order valence-corrected chi connectivity index (χ1v) is 8.83. The van der Waals surface area contributed by atoms with Crippen LogP contribution in [0.5, 0.6) is 0 Å². The summed E-state index contributed by atoms with van der Waals surface area (Å²) in [6.45, 7) is 3.07. The Morgan fingerprint density at radius 2 is 2.00 bits per heavy atom. The van der Waals surface area contributed by atoms with E-state index in [2.05, 4.69) is 5.32 Å². The number of benzene rings is 1. The molecule has 23 heavy (non-hydrogen) atoms. The minimum atomic E-state index is -0.207. The number of halogens is 1. The fraction of sp³-hybridized carbons (Fsp3) is 0.294. The van der Waals surface area contributed by atoms with Gasteiger partial charge in [0.05, 0.1) is 0 Å². The molecule has 0 fully saturated rings. The van der Waals surface area contributed by atoms with Gasteiger partial charge in [0, 0.05) is 40.8 Å². The molecule has 0 aliphatic heterocycles. The van der Waals surface area contributed by atoms with Crippen molar-refractivity contribution in [3.8, 4) is 0 Å². The molecule has 6 heteroatoms. The number of carbonyl (C=O) groups is 1. The highest BCUT2D eigenvalue weighted by atomic mass is 35.5. The summed E-state index contributed by atoms with van der Waals surface area (Å²) in [6.07, 6.45) is 2.50. The molecule has 0 radical (unpaired) electrons. The molecule has 0 aliphatic carbocycles. The number of hydrogen-bond donors (Lipinski definition) is 1. The predicted octanol–water partition coefficient (Wildman–Crippen LogP) is 3.43. The molecule has 0 saturated heterocycles. The van der Waals surface area contributed by atoms with E-state index in [9.17, 15) is 9.59 Å². The van der Waals surface area contributed by atoms with Gasteiger partial charge in [-0.15, -0.1) is 11.8 Å². The van der Waals surface area contributed by atoms with Crippen molar-refractivity contribution in [3.05, 3.63) is 63.5 Å². The predicted molar refractivity (Wildman–Crippen MR) is 95.5 cm³/mol. The number of amides is 1. The first-order chi connectivity index (χ1) is 11.1. The smallest absolute Gasteiger partial charge is 0.251 e. The van der Waals surface area contributed by atoms with Crippen LogP contribution in [-0.4, -0.2) is 22.8 Å². The normalized spacial score (nSPS) is 10.5. The molecule has 0 unspecified atom stereocenters. The largest absolute Gasteiger partial charge is 0.352 e. The maximum Gasteiger partial charge on any atom is 0.251 e. The van der Waals surface area contributed by atoms with Crippen LogP contribution in [0.3, 0.4) is 0 Å². The summed E-state index contributed by atoms with van der Waals surface area (Å²) in [5.74, 6) is 0.696. The highest BCUT2D eigenvalue weighted by molar-refractivity contribution is 7.99. The number of pyridine rings is 1. The lowest BCUT2D eigenvalue weighted by Crippen LogP contribution is -2.27. The minimum absolute atomic E-state index is 0.154. The molecule has 1 heterocycles. The van der Waals surface area contributed by atoms with Gasteiger partial charge in [0.15, 0.2) is 0 Å². The standard InChI is InChI=1S/C17H19ClN2O2S/c1-2-20-10-8-13(12-16(20)21)17(22)19-9-3-11-23-15-6-4-14(18)5-7-15/h4-8,10,12H,2-3,9,11H2,1H3,(H,19,22). The summed E-state index contributed by atoms with van der Waals surface area (Å²) in [5, 5.41) is 3.57. The molecule has 0 aliphatic rings. The van der Waals surface area contributed by atoms with Gasteiger partial charge in [-0.25, -0.2) is 0 Å². The van der Waals surface area contributed by atoms with Crippen molar-refractivity contribution in [1.29, 1.82) is 0 Å². The first kappa shape index (κ1) is 17.6. The van der Waals surface area contributed by atoms with E-state index in [1.165, 1.54) is 6.07 Å². The number of thioether (sulfide) groups is 1. The first-order valence-electron chi connectivity index (χ1n) is 7.47. The van der Waals surface area contributed by atoms with Crippen molar-refractivity contribution in [2.24, 2.45) is 0 Å². The zero-order valence-electron chi connectivity index (χ0n) is 12.9. The van der Waals surface area contributed by atoms with Gasteiger partial charge in [-0.05, 0) is 49.4 Å². The molecule has 1 amide bonds. The Bertz CT molecular complexity index is 713. The van der Waals surface area contributed by atoms with Crippen LogP contribution < -0.4 is 10.9 Å². The molecule has 2 aromatic rings. The molecular formula is C17H19ClN2O2S. The van der Waals surface area contributed by atoms with Gasteiger partial charge >= 0.3 is 0 Å². The highest BCUT2D eigenvalue weighted by Gasteiger charge is 2.06. The minimum Gasteiger partial charge on any atom is -0.352 e. The Labute approximate surface area is 144 Å². The van der Waals surface area contributed by atoms with Gasteiger partial charge in [-0.2, -0.15) is 0 Å². The summed E-state index contributed by atoms with van der Waals surface area (Å²) in [5.41, 5.74) is 0.253.